The molecule has 1 aliphatic carbocycles. The molecule has 2 aromatic carbocycles. The third kappa shape index (κ3) is 6.95. The molecule has 0 unspecified atom stereocenters. The van der Waals surface area contributed by atoms with Crippen molar-refractivity contribution in [3.05, 3.63) is 83.9 Å². The van der Waals surface area contributed by atoms with Crippen molar-refractivity contribution in [2.75, 3.05) is 38.7 Å². The number of benzene rings is 2. The van der Waals surface area contributed by atoms with E-state index in [0.29, 0.717) is 35.8 Å². The van der Waals surface area contributed by atoms with Gasteiger partial charge < -0.3 is 30.3 Å². The van der Waals surface area contributed by atoms with Gasteiger partial charge in [0.05, 0.1) is 12.9 Å². The highest BCUT2D eigenvalue weighted by molar-refractivity contribution is 5.83. The van der Waals surface area contributed by atoms with E-state index in [9.17, 15) is 10.2 Å². The number of fused-ring (bicyclic) bond motifs is 1. The number of aromatic nitrogens is 4. The first-order valence-corrected chi connectivity index (χ1v) is 15.9. The van der Waals surface area contributed by atoms with E-state index in [-0.39, 0.29) is 12.5 Å². The summed E-state index contributed by atoms with van der Waals surface area (Å²) in [5.41, 5.74) is 3.55. The third-order valence-electron chi connectivity index (χ3n) is 8.97. The van der Waals surface area contributed by atoms with Gasteiger partial charge in [-0.2, -0.15) is 0 Å². The smallest absolute Gasteiger partial charge is 0.167 e. The quantitative estimate of drug-likeness (QED) is 0.168. The number of hydrogen-bond acceptors (Lipinski definition) is 9. The molecule has 4 N–H and O–H groups in total. The van der Waals surface area contributed by atoms with Crippen molar-refractivity contribution >= 4 is 17.0 Å². The van der Waals surface area contributed by atoms with Crippen molar-refractivity contribution in [2.24, 2.45) is 5.92 Å². The van der Waals surface area contributed by atoms with Gasteiger partial charge in [-0.25, -0.2) is 15.0 Å². The highest BCUT2D eigenvalue weighted by Gasteiger charge is 2.44. The zero-order valence-corrected chi connectivity index (χ0v) is 25.4. The van der Waals surface area contributed by atoms with Crippen LogP contribution < -0.4 is 10.6 Å². The summed E-state index contributed by atoms with van der Waals surface area (Å²) in [7, 11) is 1.54. The number of aliphatic hydroxyl groups excluding tert-OH is 2. The van der Waals surface area contributed by atoms with Crippen LogP contribution in [0.25, 0.3) is 11.2 Å². The second-order valence-corrected chi connectivity index (χ2v) is 12.0. The number of rotatable bonds is 13. The molecule has 4 atom stereocenters. The number of nitrogens with one attached hydrogen (secondary N) is 2. The van der Waals surface area contributed by atoms with Gasteiger partial charge in [0.25, 0.3) is 0 Å². The Kier molecular flexibility index (Phi) is 10.1. The standard InChI is InChI=1S/C34H44N6O4/c1-43-21-27-30(41)31(42)34(44-27)40-22-37-29-32(36-20-26(24-13-7-3-8-14-24)25-15-9-4-10-16-25)38-28(39-33(29)40)17-18-35-19-23-11-5-2-6-12-23/h3-4,7-10,13-16,22-23,26-27,30-31,34-35,41-42H,2,5-6,11-12,17-21H2,1H3,(H,36,38,39)/t27-,30-,31-,34-/m1/s1. The summed E-state index contributed by atoms with van der Waals surface area (Å²) in [6.07, 6.45) is 5.11. The van der Waals surface area contributed by atoms with Gasteiger partial charge in [-0.05, 0) is 36.4 Å². The fourth-order valence-corrected chi connectivity index (χ4v) is 6.54. The minimum Gasteiger partial charge on any atom is -0.387 e. The SMILES string of the molecule is COC[C@H]1O[C@@H](n2cnc3c(NCC(c4ccccc4)c4ccccc4)nc(CCNCC4CCCCC4)nc32)[C@H](O)[C@@H]1O. The van der Waals surface area contributed by atoms with Gasteiger partial charge in [0.2, 0.25) is 0 Å². The van der Waals surface area contributed by atoms with Crippen LogP contribution in [0.4, 0.5) is 5.82 Å². The highest BCUT2D eigenvalue weighted by Crippen LogP contribution is 2.33. The van der Waals surface area contributed by atoms with Crippen LogP contribution in [0.1, 0.15) is 61.2 Å². The number of anilines is 1. The van der Waals surface area contributed by atoms with E-state index in [1.165, 1.54) is 43.2 Å². The molecule has 4 aromatic rings. The molecule has 2 aromatic heterocycles. The lowest BCUT2D eigenvalue weighted by molar-refractivity contribution is -0.0580. The molecular formula is C34H44N6O4. The van der Waals surface area contributed by atoms with Crippen molar-refractivity contribution in [3.8, 4) is 0 Å². The number of methoxy groups -OCH3 is 1. The number of ether oxygens (including phenoxy) is 2. The molecule has 1 aliphatic heterocycles. The topological polar surface area (TPSA) is 127 Å². The summed E-state index contributed by atoms with van der Waals surface area (Å²) in [5, 5.41) is 28.7. The van der Waals surface area contributed by atoms with E-state index in [1.807, 2.05) is 12.1 Å². The molecule has 3 heterocycles. The van der Waals surface area contributed by atoms with Crippen LogP contribution in [0.3, 0.4) is 0 Å². The molecule has 10 heteroatoms. The van der Waals surface area contributed by atoms with Crippen molar-refractivity contribution < 1.29 is 19.7 Å². The van der Waals surface area contributed by atoms with Crippen LogP contribution in [-0.2, 0) is 15.9 Å². The predicted molar refractivity (Wildman–Crippen MR) is 169 cm³/mol. The Morgan fingerprint density at radius 3 is 2.34 bits per heavy atom. The molecule has 0 spiro atoms. The van der Waals surface area contributed by atoms with Gasteiger partial charge in [0, 0.05) is 32.5 Å². The van der Waals surface area contributed by atoms with Crippen LogP contribution in [0.15, 0.2) is 67.0 Å². The predicted octanol–water partition coefficient (Wildman–Crippen LogP) is 4.05. The summed E-state index contributed by atoms with van der Waals surface area (Å²) < 4.78 is 12.9. The van der Waals surface area contributed by atoms with Crippen molar-refractivity contribution in [1.29, 1.82) is 0 Å². The van der Waals surface area contributed by atoms with Crippen LogP contribution in [0, 0.1) is 5.92 Å². The Morgan fingerprint density at radius 2 is 1.66 bits per heavy atom. The summed E-state index contributed by atoms with van der Waals surface area (Å²) >= 11 is 0. The zero-order valence-electron chi connectivity index (χ0n) is 25.4. The maximum atomic E-state index is 10.9. The summed E-state index contributed by atoms with van der Waals surface area (Å²) in [6, 6.07) is 20.9. The first kappa shape index (κ1) is 30.6. The Morgan fingerprint density at radius 1 is 0.955 bits per heavy atom. The molecule has 2 aliphatic rings. The van der Waals surface area contributed by atoms with Crippen LogP contribution in [0.5, 0.6) is 0 Å². The second-order valence-electron chi connectivity index (χ2n) is 12.0. The molecule has 2 fully saturated rings. The summed E-state index contributed by atoms with van der Waals surface area (Å²) in [6.45, 7) is 2.55. The van der Waals surface area contributed by atoms with Crippen LogP contribution >= 0.6 is 0 Å². The number of nitrogens with zero attached hydrogens (tertiary/aromatic N) is 4. The molecule has 0 radical (unpaired) electrons. The fraction of sp³-hybridized carbons (Fsp3) is 0.500. The number of aliphatic hydroxyl groups is 2. The average Bonchev–Trinajstić information content (AvgIpc) is 3.61. The summed E-state index contributed by atoms with van der Waals surface area (Å²) in [4.78, 5) is 14.5. The monoisotopic (exact) mass is 600 g/mol. The Balaban J connectivity index is 1.27. The van der Waals surface area contributed by atoms with Gasteiger partial charge in [0.15, 0.2) is 23.2 Å². The van der Waals surface area contributed by atoms with Gasteiger partial charge in [-0.1, -0.05) is 79.9 Å². The molecule has 1 saturated heterocycles. The lowest BCUT2D eigenvalue weighted by Crippen LogP contribution is -2.33. The van der Waals surface area contributed by atoms with Gasteiger partial charge in [0.1, 0.15) is 24.1 Å². The molecule has 10 nitrogen and oxygen atoms in total. The van der Waals surface area contributed by atoms with Crippen molar-refractivity contribution in [2.45, 2.75) is 69.0 Å². The van der Waals surface area contributed by atoms with Crippen molar-refractivity contribution in [1.82, 2.24) is 24.8 Å². The minimum absolute atomic E-state index is 0.0926. The van der Waals surface area contributed by atoms with E-state index >= 15 is 0 Å². The molecular weight excluding hydrogens is 556 g/mol. The normalized spacial score (nSPS) is 22.6. The van der Waals surface area contributed by atoms with Gasteiger partial charge >= 0.3 is 0 Å². The van der Waals surface area contributed by atoms with E-state index in [0.717, 1.165) is 19.0 Å². The maximum absolute atomic E-state index is 10.9. The molecule has 0 amide bonds. The first-order valence-electron chi connectivity index (χ1n) is 15.9. The lowest BCUT2D eigenvalue weighted by atomic mass is 9.89. The Hall–Kier alpha value is -3.41. The molecule has 6 rings (SSSR count). The minimum atomic E-state index is -1.15. The number of hydrogen-bond donors (Lipinski definition) is 4. The molecule has 44 heavy (non-hydrogen) atoms. The second kappa shape index (κ2) is 14.6. The van der Waals surface area contributed by atoms with E-state index in [4.69, 9.17) is 19.4 Å². The number of imidazole rings is 1. The van der Waals surface area contributed by atoms with Gasteiger partial charge in [-0.3, -0.25) is 4.57 Å². The van der Waals surface area contributed by atoms with Gasteiger partial charge in [-0.15, -0.1) is 0 Å². The van der Waals surface area contributed by atoms with Crippen molar-refractivity contribution in [3.63, 3.8) is 0 Å². The van der Waals surface area contributed by atoms with E-state index in [1.54, 1.807) is 18.0 Å². The average molecular weight is 601 g/mol. The zero-order chi connectivity index (χ0) is 30.3. The molecule has 1 saturated carbocycles. The molecule has 0 bridgehead atoms. The maximum Gasteiger partial charge on any atom is 0.167 e. The van der Waals surface area contributed by atoms with E-state index in [2.05, 4.69) is 64.1 Å². The Bertz CT molecular complexity index is 1420. The fourth-order valence-electron chi connectivity index (χ4n) is 6.54. The third-order valence-corrected chi connectivity index (χ3v) is 8.97. The van der Waals surface area contributed by atoms with Crippen LogP contribution in [0.2, 0.25) is 0 Å². The highest BCUT2D eigenvalue weighted by atomic mass is 16.6. The Labute approximate surface area is 258 Å². The largest absolute Gasteiger partial charge is 0.387 e. The summed E-state index contributed by atoms with van der Waals surface area (Å²) in [5.74, 6) is 2.14. The lowest BCUT2D eigenvalue weighted by Gasteiger charge is -2.22. The van der Waals surface area contributed by atoms with E-state index < -0.39 is 24.5 Å². The first-order chi connectivity index (χ1) is 21.6. The molecule has 234 valence electrons. The van der Waals surface area contributed by atoms with Crippen LogP contribution in [-0.4, -0.2) is 81.4 Å².